The van der Waals surface area contributed by atoms with E-state index in [9.17, 15) is 4.79 Å². The van der Waals surface area contributed by atoms with Crippen LogP contribution in [-0.4, -0.2) is 24.5 Å². The highest BCUT2D eigenvalue weighted by Crippen LogP contribution is 2.14. The van der Waals surface area contributed by atoms with Gasteiger partial charge in [0.2, 0.25) is 5.91 Å². The van der Waals surface area contributed by atoms with Gasteiger partial charge in [0.05, 0.1) is 6.61 Å². The average Bonchev–Trinajstić information content (AvgIpc) is 2.68. The quantitative estimate of drug-likeness (QED) is 0.774. The third-order valence-electron chi connectivity index (χ3n) is 2.88. The van der Waals surface area contributed by atoms with E-state index >= 15 is 0 Å². The van der Waals surface area contributed by atoms with Crippen molar-refractivity contribution < 1.29 is 9.53 Å². The maximum atomic E-state index is 11.5. The van der Waals surface area contributed by atoms with Gasteiger partial charge in [0.1, 0.15) is 0 Å². The van der Waals surface area contributed by atoms with Crippen LogP contribution in [0.15, 0.2) is 24.3 Å². The summed E-state index contributed by atoms with van der Waals surface area (Å²) in [6.07, 6.45) is 1.71. The fourth-order valence-corrected chi connectivity index (χ4v) is 2.00. The molecule has 1 aromatic rings. The summed E-state index contributed by atoms with van der Waals surface area (Å²) in [5.41, 5.74) is 2.36. The molecule has 1 amide bonds. The minimum Gasteiger partial charge on any atom is -0.380 e. The summed E-state index contributed by atoms with van der Waals surface area (Å²) in [4.78, 5) is 13.4. The Hall–Kier alpha value is -1.35. The molecule has 0 unspecified atom stereocenters. The molecule has 2 rings (SSSR count). The number of carbonyl (C=O) groups excluding carboxylic acids is 1. The molecular formula is C13H17NO2. The molecule has 0 spiro atoms. The number of nitrogens with zero attached hydrogens (tertiary/aromatic N) is 1. The molecule has 0 bridgehead atoms. The van der Waals surface area contributed by atoms with Crippen LogP contribution in [0.5, 0.6) is 0 Å². The Morgan fingerprint density at radius 2 is 1.94 bits per heavy atom. The van der Waals surface area contributed by atoms with Gasteiger partial charge in [-0.1, -0.05) is 24.3 Å². The molecule has 1 aromatic carbocycles. The molecule has 1 aliphatic rings. The zero-order valence-electron chi connectivity index (χ0n) is 9.61. The number of hydrogen-bond acceptors (Lipinski definition) is 2. The number of ether oxygens (including phenoxy) is 1. The lowest BCUT2D eigenvalue weighted by molar-refractivity contribution is -0.128. The van der Waals surface area contributed by atoms with E-state index < -0.39 is 0 Å². The van der Waals surface area contributed by atoms with Gasteiger partial charge in [0, 0.05) is 26.6 Å². The molecule has 1 aliphatic heterocycles. The van der Waals surface area contributed by atoms with Crippen LogP contribution < -0.4 is 0 Å². The Kier molecular flexibility index (Phi) is 3.57. The molecule has 16 heavy (non-hydrogen) atoms. The molecule has 86 valence electrons. The second kappa shape index (κ2) is 5.12. The van der Waals surface area contributed by atoms with E-state index in [1.54, 1.807) is 7.11 Å². The van der Waals surface area contributed by atoms with Crippen molar-refractivity contribution in [2.24, 2.45) is 0 Å². The Bertz CT molecular complexity index is 359. The SMILES string of the molecule is COCc1ccc(CN2CCCC2=O)cc1. The number of methoxy groups -OCH3 is 1. The standard InChI is InChI=1S/C13H17NO2/c1-16-10-12-6-4-11(5-7-12)9-14-8-2-3-13(14)15/h4-7H,2-3,8-10H2,1H3. The summed E-state index contributed by atoms with van der Waals surface area (Å²) in [7, 11) is 1.69. The van der Waals surface area contributed by atoms with Crippen LogP contribution in [0.25, 0.3) is 0 Å². The zero-order valence-corrected chi connectivity index (χ0v) is 9.61. The van der Waals surface area contributed by atoms with Crippen LogP contribution in [0.2, 0.25) is 0 Å². The summed E-state index contributed by atoms with van der Waals surface area (Å²) >= 11 is 0. The zero-order chi connectivity index (χ0) is 11.4. The van der Waals surface area contributed by atoms with Crippen molar-refractivity contribution in [1.29, 1.82) is 0 Å². The van der Waals surface area contributed by atoms with E-state index in [0.29, 0.717) is 13.0 Å². The highest BCUT2D eigenvalue weighted by atomic mass is 16.5. The third-order valence-corrected chi connectivity index (χ3v) is 2.88. The van der Waals surface area contributed by atoms with Crippen molar-refractivity contribution in [3.05, 3.63) is 35.4 Å². The van der Waals surface area contributed by atoms with Crippen molar-refractivity contribution in [3.8, 4) is 0 Å². The lowest BCUT2D eigenvalue weighted by atomic mass is 10.1. The van der Waals surface area contributed by atoms with Gasteiger partial charge in [0.15, 0.2) is 0 Å². The molecule has 0 aromatic heterocycles. The second-order valence-corrected chi connectivity index (χ2v) is 4.17. The molecule has 0 aliphatic carbocycles. The van der Waals surface area contributed by atoms with Gasteiger partial charge in [-0.2, -0.15) is 0 Å². The number of hydrogen-bond donors (Lipinski definition) is 0. The summed E-state index contributed by atoms with van der Waals surface area (Å²) in [6.45, 7) is 2.29. The number of amides is 1. The van der Waals surface area contributed by atoms with Crippen molar-refractivity contribution in [2.75, 3.05) is 13.7 Å². The molecule has 3 heteroatoms. The number of carbonyl (C=O) groups is 1. The van der Waals surface area contributed by atoms with E-state index in [1.165, 1.54) is 11.1 Å². The second-order valence-electron chi connectivity index (χ2n) is 4.17. The highest BCUT2D eigenvalue weighted by molar-refractivity contribution is 5.78. The first-order valence-electron chi connectivity index (χ1n) is 5.64. The topological polar surface area (TPSA) is 29.5 Å². The number of rotatable bonds is 4. The van der Waals surface area contributed by atoms with Crippen LogP contribution in [0.4, 0.5) is 0 Å². The Balaban J connectivity index is 1.96. The van der Waals surface area contributed by atoms with Gasteiger partial charge in [-0.15, -0.1) is 0 Å². The molecule has 0 radical (unpaired) electrons. The average molecular weight is 219 g/mol. The fourth-order valence-electron chi connectivity index (χ4n) is 2.00. The van der Waals surface area contributed by atoms with Crippen LogP contribution in [-0.2, 0) is 22.7 Å². The van der Waals surface area contributed by atoms with E-state index in [2.05, 4.69) is 24.3 Å². The van der Waals surface area contributed by atoms with Crippen LogP contribution in [0.1, 0.15) is 24.0 Å². The summed E-state index contributed by atoms with van der Waals surface area (Å²) in [6, 6.07) is 8.25. The van der Waals surface area contributed by atoms with Crippen molar-refractivity contribution in [3.63, 3.8) is 0 Å². The summed E-state index contributed by atoms with van der Waals surface area (Å²) in [5, 5.41) is 0. The highest BCUT2D eigenvalue weighted by Gasteiger charge is 2.19. The Labute approximate surface area is 96.0 Å². The molecule has 1 heterocycles. The van der Waals surface area contributed by atoms with Crippen LogP contribution in [0.3, 0.4) is 0 Å². The van der Waals surface area contributed by atoms with E-state index in [-0.39, 0.29) is 5.91 Å². The van der Waals surface area contributed by atoms with E-state index in [1.807, 2.05) is 4.90 Å². The lowest BCUT2D eigenvalue weighted by Gasteiger charge is -2.15. The third kappa shape index (κ3) is 2.61. The minimum absolute atomic E-state index is 0.279. The van der Waals surface area contributed by atoms with Crippen LogP contribution in [0, 0.1) is 0 Å². The molecule has 1 saturated heterocycles. The molecule has 0 N–H and O–H groups in total. The van der Waals surface area contributed by atoms with Crippen molar-refractivity contribution in [2.45, 2.75) is 26.0 Å². The van der Waals surface area contributed by atoms with Gasteiger partial charge < -0.3 is 9.64 Å². The molecule has 3 nitrogen and oxygen atoms in total. The predicted molar refractivity (Wildman–Crippen MR) is 61.8 cm³/mol. The molecule has 0 saturated carbocycles. The number of likely N-dealkylation sites (tertiary alicyclic amines) is 1. The van der Waals surface area contributed by atoms with Crippen LogP contribution >= 0.6 is 0 Å². The number of benzene rings is 1. The predicted octanol–water partition coefficient (Wildman–Crippen LogP) is 1.96. The van der Waals surface area contributed by atoms with Gasteiger partial charge >= 0.3 is 0 Å². The van der Waals surface area contributed by atoms with Gasteiger partial charge in [-0.25, -0.2) is 0 Å². The first-order chi connectivity index (χ1) is 7.79. The maximum Gasteiger partial charge on any atom is 0.222 e. The summed E-state index contributed by atoms with van der Waals surface area (Å²) < 4.78 is 5.05. The van der Waals surface area contributed by atoms with E-state index in [0.717, 1.165) is 19.5 Å². The molecule has 0 atom stereocenters. The molecule has 1 fully saturated rings. The van der Waals surface area contributed by atoms with Gasteiger partial charge in [0.25, 0.3) is 0 Å². The van der Waals surface area contributed by atoms with Crippen molar-refractivity contribution in [1.82, 2.24) is 4.90 Å². The van der Waals surface area contributed by atoms with Crippen molar-refractivity contribution >= 4 is 5.91 Å². The first kappa shape index (κ1) is 11.1. The largest absolute Gasteiger partial charge is 0.380 e. The first-order valence-corrected chi connectivity index (χ1v) is 5.64. The van der Waals surface area contributed by atoms with Gasteiger partial charge in [-0.05, 0) is 17.5 Å². The fraction of sp³-hybridized carbons (Fsp3) is 0.462. The normalized spacial score (nSPS) is 15.8. The van der Waals surface area contributed by atoms with Gasteiger partial charge in [-0.3, -0.25) is 4.79 Å². The monoisotopic (exact) mass is 219 g/mol. The smallest absolute Gasteiger partial charge is 0.222 e. The molecular weight excluding hydrogens is 202 g/mol. The lowest BCUT2D eigenvalue weighted by Crippen LogP contribution is -2.23. The maximum absolute atomic E-state index is 11.5. The Morgan fingerprint density at radius 3 is 2.50 bits per heavy atom. The minimum atomic E-state index is 0.279. The Morgan fingerprint density at radius 1 is 1.25 bits per heavy atom. The summed E-state index contributed by atoms with van der Waals surface area (Å²) in [5.74, 6) is 0.279. The van der Waals surface area contributed by atoms with E-state index in [4.69, 9.17) is 4.74 Å².